The molecule has 0 saturated heterocycles. The standard InChI is InChI=1S/C16H18N2O/c1-12-5-4-6-13(17-12)11-18-10-9-16(19)14-7-2-3-8-15(14)18/h2-8,16,19H,9-11H2,1H3. The molecule has 0 amide bonds. The molecule has 1 aliphatic heterocycles. The van der Waals surface area contributed by atoms with Crippen LogP contribution in [-0.4, -0.2) is 16.6 Å². The lowest BCUT2D eigenvalue weighted by atomic mass is 9.99. The molecule has 1 unspecified atom stereocenters. The number of nitrogens with zero attached hydrogens (tertiary/aromatic N) is 2. The SMILES string of the molecule is Cc1cccc(CN2CCC(O)c3ccccc32)n1. The highest BCUT2D eigenvalue weighted by atomic mass is 16.3. The molecule has 1 atom stereocenters. The van der Waals surface area contributed by atoms with Crippen LogP contribution in [0.25, 0.3) is 0 Å². The van der Waals surface area contributed by atoms with Crippen LogP contribution < -0.4 is 4.90 Å². The van der Waals surface area contributed by atoms with Gasteiger partial charge in [-0.3, -0.25) is 4.98 Å². The Morgan fingerprint density at radius 1 is 1.21 bits per heavy atom. The first-order chi connectivity index (χ1) is 9.24. The van der Waals surface area contributed by atoms with Gasteiger partial charge in [0, 0.05) is 23.5 Å². The summed E-state index contributed by atoms with van der Waals surface area (Å²) in [5.41, 5.74) is 4.28. The lowest BCUT2D eigenvalue weighted by Gasteiger charge is -2.33. The normalized spacial score (nSPS) is 18.2. The second kappa shape index (κ2) is 5.02. The number of fused-ring (bicyclic) bond motifs is 1. The van der Waals surface area contributed by atoms with Crippen LogP contribution in [0.4, 0.5) is 5.69 Å². The lowest BCUT2D eigenvalue weighted by molar-refractivity contribution is 0.164. The zero-order chi connectivity index (χ0) is 13.2. The minimum Gasteiger partial charge on any atom is -0.388 e. The third kappa shape index (κ3) is 2.47. The molecule has 2 aromatic rings. The molecule has 2 heterocycles. The average Bonchev–Trinajstić information content (AvgIpc) is 2.42. The van der Waals surface area contributed by atoms with Crippen molar-refractivity contribution in [1.82, 2.24) is 4.98 Å². The Morgan fingerprint density at radius 3 is 2.89 bits per heavy atom. The summed E-state index contributed by atoms with van der Waals surface area (Å²) in [4.78, 5) is 6.85. The first-order valence-electron chi connectivity index (χ1n) is 6.68. The van der Waals surface area contributed by atoms with Crippen LogP contribution in [0.15, 0.2) is 42.5 Å². The number of para-hydroxylation sites is 1. The summed E-state index contributed by atoms with van der Waals surface area (Å²) in [6.07, 6.45) is 0.445. The number of hydrogen-bond acceptors (Lipinski definition) is 3. The van der Waals surface area contributed by atoms with Gasteiger partial charge in [-0.05, 0) is 31.5 Å². The maximum atomic E-state index is 10.0. The van der Waals surface area contributed by atoms with Crippen LogP contribution in [0.5, 0.6) is 0 Å². The van der Waals surface area contributed by atoms with E-state index in [4.69, 9.17) is 0 Å². The van der Waals surface area contributed by atoms with Crippen molar-refractivity contribution in [2.75, 3.05) is 11.4 Å². The molecule has 19 heavy (non-hydrogen) atoms. The maximum Gasteiger partial charge on any atom is 0.0826 e. The van der Waals surface area contributed by atoms with E-state index < -0.39 is 0 Å². The Hall–Kier alpha value is -1.87. The van der Waals surface area contributed by atoms with Gasteiger partial charge in [0.05, 0.1) is 18.3 Å². The second-order valence-electron chi connectivity index (χ2n) is 5.06. The van der Waals surface area contributed by atoms with Crippen molar-refractivity contribution in [3.05, 3.63) is 59.4 Å². The quantitative estimate of drug-likeness (QED) is 0.895. The molecule has 0 radical (unpaired) electrons. The van der Waals surface area contributed by atoms with E-state index in [1.165, 1.54) is 0 Å². The van der Waals surface area contributed by atoms with Crippen LogP contribution in [0.1, 0.15) is 29.5 Å². The number of anilines is 1. The molecular weight excluding hydrogens is 236 g/mol. The molecule has 1 aromatic carbocycles. The van der Waals surface area contributed by atoms with E-state index in [0.29, 0.717) is 0 Å². The van der Waals surface area contributed by atoms with Gasteiger partial charge in [0.2, 0.25) is 0 Å². The van der Waals surface area contributed by atoms with E-state index >= 15 is 0 Å². The van der Waals surface area contributed by atoms with Gasteiger partial charge >= 0.3 is 0 Å². The molecule has 0 spiro atoms. The van der Waals surface area contributed by atoms with Gasteiger partial charge in [0.15, 0.2) is 0 Å². The number of aliphatic hydroxyl groups is 1. The zero-order valence-corrected chi connectivity index (χ0v) is 11.1. The van der Waals surface area contributed by atoms with Gasteiger partial charge in [-0.1, -0.05) is 24.3 Å². The van der Waals surface area contributed by atoms with Crippen LogP contribution in [0.2, 0.25) is 0 Å². The van der Waals surface area contributed by atoms with Gasteiger partial charge < -0.3 is 10.0 Å². The fraction of sp³-hybridized carbons (Fsp3) is 0.312. The Morgan fingerprint density at radius 2 is 2.05 bits per heavy atom. The monoisotopic (exact) mass is 254 g/mol. The van der Waals surface area contributed by atoms with E-state index in [2.05, 4.69) is 22.0 Å². The highest BCUT2D eigenvalue weighted by Gasteiger charge is 2.23. The fourth-order valence-electron chi connectivity index (χ4n) is 2.66. The third-order valence-electron chi connectivity index (χ3n) is 3.61. The van der Waals surface area contributed by atoms with Crippen LogP contribution in [0.3, 0.4) is 0 Å². The highest BCUT2D eigenvalue weighted by Crippen LogP contribution is 2.33. The smallest absolute Gasteiger partial charge is 0.0826 e. The van der Waals surface area contributed by atoms with Crippen molar-refractivity contribution in [1.29, 1.82) is 0 Å². The van der Waals surface area contributed by atoms with E-state index in [-0.39, 0.29) is 6.10 Å². The summed E-state index contributed by atoms with van der Waals surface area (Å²) < 4.78 is 0. The molecule has 1 aliphatic rings. The Kier molecular flexibility index (Phi) is 3.22. The third-order valence-corrected chi connectivity index (χ3v) is 3.61. The number of aryl methyl sites for hydroxylation is 1. The van der Waals surface area contributed by atoms with Crippen molar-refractivity contribution in [3.63, 3.8) is 0 Å². The van der Waals surface area contributed by atoms with Crippen molar-refractivity contribution in [2.24, 2.45) is 0 Å². The molecular formula is C16H18N2O. The minimum absolute atomic E-state index is 0.335. The highest BCUT2D eigenvalue weighted by molar-refractivity contribution is 5.56. The molecule has 0 bridgehead atoms. The van der Waals surface area contributed by atoms with Gasteiger partial charge in [-0.25, -0.2) is 0 Å². The molecule has 0 aliphatic carbocycles. The first kappa shape index (κ1) is 12.2. The van der Waals surface area contributed by atoms with Crippen LogP contribution in [0, 0.1) is 6.92 Å². The number of aromatic nitrogens is 1. The summed E-state index contributed by atoms with van der Waals surface area (Å²) in [6.45, 7) is 3.68. The number of pyridine rings is 1. The van der Waals surface area contributed by atoms with Crippen molar-refractivity contribution in [2.45, 2.75) is 26.0 Å². The first-order valence-corrected chi connectivity index (χ1v) is 6.68. The fourth-order valence-corrected chi connectivity index (χ4v) is 2.66. The molecule has 1 N–H and O–H groups in total. The second-order valence-corrected chi connectivity index (χ2v) is 5.06. The number of aliphatic hydroxyl groups excluding tert-OH is 1. The predicted molar refractivity (Wildman–Crippen MR) is 76.0 cm³/mol. The summed E-state index contributed by atoms with van der Waals surface area (Å²) in [7, 11) is 0. The van der Waals surface area contributed by atoms with Gasteiger partial charge in [-0.15, -0.1) is 0 Å². The lowest BCUT2D eigenvalue weighted by Crippen LogP contribution is -2.31. The van der Waals surface area contributed by atoms with E-state index in [9.17, 15) is 5.11 Å². The minimum atomic E-state index is -0.335. The van der Waals surface area contributed by atoms with Crippen LogP contribution in [-0.2, 0) is 6.54 Å². The summed E-state index contributed by atoms with van der Waals surface area (Å²) in [5, 5.41) is 10.0. The van der Waals surface area contributed by atoms with Crippen molar-refractivity contribution in [3.8, 4) is 0 Å². The van der Waals surface area contributed by atoms with E-state index in [1.807, 2.05) is 37.3 Å². The molecule has 0 saturated carbocycles. The molecule has 3 heteroatoms. The summed E-state index contributed by atoms with van der Waals surface area (Å²) in [5.74, 6) is 0. The molecule has 1 aromatic heterocycles. The predicted octanol–water partition coefficient (Wildman–Crippen LogP) is 2.83. The summed E-state index contributed by atoms with van der Waals surface area (Å²) in [6, 6.07) is 14.2. The molecule has 98 valence electrons. The van der Waals surface area contributed by atoms with Crippen LogP contribution >= 0.6 is 0 Å². The van der Waals surface area contributed by atoms with Gasteiger partial charge in [0.1, 0.15) is 0 Å². The van der Waals surface area contributed by atoms with Gasteiger partial charge in [-0.2, -0.15) is 0 Å². The zero-order valence-electron chi connectivity index (χ0n) is 11.1. The largest absolute Gasteiger partial charge is 0.388 e. The van der Waals surface area contributed by atoms with E-state index in [0.717, 1.165) is 42.1 Å². The summed E-state index contributed by atoms with van der Waals surface area (Å²) >= 11 is 0. The Labute approximate surface area is 113 Å². The molecule has 0 fully saturated rings. The van der Waals surface area contributed by atoms with Gasteiger partial charge in [0.25, 0.3) is 0 Å². The number of rotatable bonds is 2. The topological polar surface area (TPSA) is 36.4 Å². The number of benzene rings is 1. The Balaban J connectivity index is 1.89. The number of hydrogen-bond donors (Lipinski definition) is 1. The van der Waals surface area contributed by atoms with Crippen molar-refractivity contribution < 1.29 is 5.11 Å². The van der Waals surface area contributed by atoms with Crippen molar-refractivity contribution >= 4 is 5.69 Å². The average molecular weight is 254 g/mol. The van der Waals surface area contributed by atoms with E-state index in [1.54, 1.807) is 0 Å². The molecule has 3 rings (SSSR count). The maximum absolute atomic E-state index is 10.0. The Bertz CT molecular complexity index is 582. The molecule has 3 nitrogen and oxygen atoms in total.